The van der Waals surface area contributed by atoms with Crippen molar-refractivity contribution in [1.29, 1.82) is 0 Å². The lowest BCUT2D eigenvalue weighted by Gasteiger charge is -1.84. The highest BCUT2D eigenvalue weighted by Gasteiger charge is 1.74. The fourth-order valence-electron chi connectivity index (χ4n) is 1.05. The van der Waals surface area contributed by atoms with Crippen molar-refractivity contribution in [2.45, 2.75) is 32.6 Å². The second kappa shape index (κ2) is 13.5. The third-order valence-corrected chi connectivity index (χ3v) is 1.88. The summed E-state index contributed by atoms with van der Waals surface area (Å²) >= 11 is 0. The first-order valence-corrected chi connectivity index (χ1v) is 5.92. The van der Waals surface area contributed by atoms with Crippen LogP contribution in [0.2, 0.25) is 0 Å². The highest BCUT2D eigenvalue weighted by Crippen LogP contribution is 1.94. The molecule has 0 unspecified atom stereocenters. The van der Waals surface area contributed by atoms with Crippen LogP contribution in [0.5, 0.6) is 0 Å². The maximum atomic E-state index is 3.57. The Morgan fingerprint density at radius 1 is 0.875 bits per heavy atom. The van der Waals surface area contributed by atoms with Gasteiger partial charge in [-0.2, -0.15) is 0 Å². The normalized spacial score (nSPS) is 11.1. The summed E-state index contributed by atoms with van der Waals surface area (Å²) in [7, 11) is 0. The van der Waals surface area contributed by atoms with E-state index in [1.165, 1.54) is 12.8 Å². The molecule has 86 valence electrons. The van der Waals surface area contributed by atoms with Gasteiger partial charge in [-0.1, -0.05) is 62.5 Å². The van der Waals surface area contributed by atoms with Crippen LogP contribution in [0.25, 0.3) is 0 Å². The first-order valence-electron chi connectivity index (χ1n) is 5.92. The van der Waals surface area contributed by atoms with Crippen molar-refractivity contribution in [1.82, 2.24) is 0 Å². The summed E-state index contributed by atoms with van der Waals surface area (Å²) in [6, 6.07) is 0. The summed E-state index contributed by atoms with van der Waals surface area (Å²) in [5.41, 5.74) is 2.98. The Balaban J connectivity index is 3.52. The molecule has 0 nitrogen and oxygen atoms in total. The van der Waals surface area contributed by atoms with Crippen LogP contribution in [0.4, 0.5) is 0 Å². The molecule has 0 atom stereocenters. The van der Waals surface area contributed by atoms with Crippen molar-refractivity contribution in [3.05, 3.63) is 67.0 Å². The Kier molecular flexibility index (Phi) is 12.2. The molecule has 0 heteroatoms. The Morgan fingerprint density at radius 2 is 1.50 bits per heavy atom. The monoisotopic (exact) mass is 214 g/mol. The summed E-state index contributed by atoms with van der Waals surface area (Å²) in [5.74, 6) is 0. The Hall–Kier alpha value is -1.52. The number of allylic oxidation sites excluding steroid dienone is 8. The molecule has 0 N–H and O–H groups in total. The van der Waals surface area contributed by atoms with Gasteiger partial charge < -0.3 is 0 Å². The maximum Gasteiger partial charge on any atom is -0.0203 e. The molecule has 0 aromatic carbocycles. The SMILES string of the molecule is C=CC=C=CC=CCCC=CC=CCCC. The van der Waals surface area contributed by atoms with E-state index in [0.29, 0.717) is 0 Å². The standard InChI is InChI=1S/C16H22/c1-3-5-7-9-11-13-15-16-14-12-10-8-6-4-2/h3,5,8-14H,1,4,6,15-16H2,2H3. The highest BCUT2D eigenvalue weighted by atomic mass is 13.8. The minimum Gasteiger partial charge on any atom is -0.121 e. The van der Waals surface area contributed by atoms with Crippen molar-refractivity contribution in [3.8, 4) is 0 Å². The van der Waals surface area contributed by atoms with E-state index in [1.807, 2.05) is 12.2 Å². The average molecular weight is 214 g/mol. The van der Waals surface area contributed by atoms with Crippen molar-refractivity contribution >= 4 is 0 Å². The molecule has 0 bridgehead atoms. The number of unbranched alkanes of at least 4 members (excludes halogenated alkanes) is 2. The first-order chi connectivity index (χ1) is 7.91. The topological polar surface area (TPSA) is 0 Å². The second-order valence-electron chi connectivity index (χ2n) is 3.39. The molecule has 0 aliphatic heterocycles. The summed E-state index contributed by atoms with van der Waals surface area (Å²) in [4.78, 5) is 0. The van der Waals surface area contributed by atoms with E-state index in [-0.39, 0.29) is 0 Å². The van der Waals surface area contributed by atoms with Gasteiger partial charge in [0.1, 0.15) is 0 Å². The fraction of sp³-hybridized carbons (Fsp3) is 0.312. The minimum absolute atomic E-state index is 1.07. The van der Waals surface area contributed by atoms with E-state index < -0.39 is 0 Å². The zero-order chi connectivity index (χ0) is 11.9. The van der Waals surface area contributed by atoms with Gasteiger partial charge in [-0.15, -0.1) is 5.73 Å². The zero-order valence-electron chi connectivity index (χ0n) is 10.2. The molecule has 0 amide bonds. The maximum absolute atomic E-state index is 3.57. The molecule has 16 heavy (non-hydrogen) atoms. The Bertz CT molecular complexity index is 294. The zero-order valence-corrected chi connectivity index (χ0v) is 10.2. The first kappa shape index (κ1) is 14.5. The molecule has 0 rings (SSSR count). The van der Waals surface area contributed by atoms with Gasteiger partial charge in [0.2, 0.25) is 0 Å². The van der Waals surface area contributed by atoms with Crippen LogP contribution in [-0.2, 0) is 0 Å². The summed E-state index contributed by atoms with van der Waals surface area (Å²) in [6.07, 6.45) is 22.8. The molecule has 0 aliphatic rings. The smallest absolute Gasteiger partial charge is 0.0203 e. The molecule has 0 aromatic rings. The molecule has 0 aromatic heterocycles. The van der Waals surface area contributed by atoms with Gasteiger partial charge in [-0.25, -0.2) is 0 Å². The van der Waals surface area contributed by atoms with E-state index >= 15 is 0 Å². The van der Waals surface area contributed by atoms with Crippen LogP contribution in [0, 0.1) is 0 Å². The van der Waals surface area contributed by atoms with E-state index in [2.05, 4.69) is 49.6 Å². The van der Waals surface area contributed by atoms with E-state index in [1.54, 1.807) is 12.2 Å². The lowest BCUT2D eigenvalue weighted by atomic mass is 10.2. The van der Waals surface area contributed by atoms with Gasteiger partial charge >= 0.3 is 0 Å². The van der Waals surface area contributed by atoms with E-state index in [4.69, 9.17) is 0 Å². The number of hydrogen-bond donors (Lipinski definition) is 0. The van der Waals surface area contributed by atoms with Crippen LogP contribution in [0.15, 0.2) is 67.0 Å². The van der Waals surface area contributed by atoms with Crippen LogP contribution < -0.4 is 0 Å². The summed E-state index contributed by atoms with van der Waals surface area (Å²) in [5, 5.41) is 0. The molecule has 0 radical (unpaired) electrons. The van der Waals surface area contributed by atoms with Crippen molar-refractivity contribution < 1.29 is 0 Å². The molecule has 0 saturated heterocycles. The Labute approximate surface area is 100 Å². The molecule has 0 spiro atoms. The largest absolute Gasteiger partial charge is 0.121 e. The molecule has 0 fully saturated rings. The third-order valence-electron chi connectivity index (χ3n) is 1.88. The molecular formula is C16H22. The van der Waals surface area contributed by atoms with Gasteiger partial charge in [0.25, 0.3) is 0 Å². The van der Waals surface area contributed by atoms with Crippen LogP contribution in [0.1, 0.15) is 32.6 Å². The highest BCUT2D eigenvalue weighted by molar-refractivity contribution is 5.07. The van der Waals surface area contributed by atoms with Gasteiger partial charge in [0.15, 0.2) is 0 Å². The van der Waals surface area contributed by atoms with E-state index in [9.17, 15) is 0 Å². The van der Waals surface area contributed by atoms with Crippen molar-refractivity contribution in [2.24, 2.45) is 0 Å². The number of hydrogen-bond acceptors (Lipinski definition) is 0. The summed E-state index contributed by atoms with van der Waals surface area (Å²) in [6.45, 7) is 5.76. The van der Waals surface area contributed by atoms with Gasteiger partial charge in [0, 0.05) is 0 Å². The van der Waals surface area contributed by atoms with Crippen molar-refractivity contribution in [3.63, 3.8) is 0 Å². The Morgan fingerprint density at radius 3 is 2.12 bits per heavy atom. The van der Waals surface area contributed by atoms with Crippen LogP contribution >= 0.6 is 0 Å². The fourth-order valence-corrected chi connectivity index (χ4v) is 1.05. The van der Waals surface area contributed by atoms with E-state index in [0.717, 1.165) is 12.8 Å². The summed E-state index contributed by atoms with van der Waals surface area (Å²) < 4.78 is 0. The molecular weight excluding hydrogens is 192 g/mol. The quantitative estimate of drug-likeness (QED) is 0.298. The molecule has 0 heterocycles. The van der Waals surface area contributed by atoms with Gasteiger partial charge in [-0.3, -0.25) is 0 Å². The number of rotatable bonds is 8. The van der Waals surface area contributed by atoms with Gasteiger partial charge in [-0.05, 0) is 31.4 Å². The molecule has 0 saturated carbocycles. The predicted molar refractivity (Wildman–Crippen MR) is 74.4 cm³/mol. The second-order valence-corrected chi connectivity index (χ2v) is 3.39. The van der Waals surface area contributed by atoms with Crippen LogP contribution in [0.3, 0.4) is 0 Å². The molecule has 0 aliphatic carbocycles. The predicted octanol–water partition coefficient (Wildman–Crippen LogP) is 5.13. The average Bonchev–Trinajstić information content (AvgIpc) is 2.31. The van der Waals surface area contributed by atoms with Crippen molar-refractivity contribution in [2.75, 3.05) is 0 Å². The van der Waals surface area contributed by atoms with Crippen LogP contribution in [-0.4, -0.2) is 0 Å². The third kappa shape index (κ3) is 12.5. The minimum atomic E-state index is 1.07. The lowest BCUT2D eigenvalue weighted by molar-refractivity contribution is 0.958. The lowest BCUT2D eigenvalue weighted by Crippen LogP contribution is -1.64. The van der Waals surface area contributed by atoms with Gasteiger partial charge in [0.05, 0.1) is 0 Å².